The molecule has 0 radical (unpaired) electrons. The lowest BCUT2D eigenvalue weighted by Crippen LogP contribution is -2.97. The van der Waals surface area contributed by atoms with Gasteiger partial charge in [-0.2, -0.15) is 0 Å². The average Bonchev–Trinajstić information content (AvgIpc) is 0.666. The molecule has 85 heavy (non-hydrogen) atoms. The summed E-state index contributed by atoms with van der Waals surface area (Å²) in [6.07, 6.45) is -36.6. The van der Waals surface area contributed by atoms with Crippen molar-refractivity contribution in [2.75, 3.05) is 59.0 Å². The SMILES string of the molecule is C=CCOC1=C(O)C(CCN)OC2OC3(CN)C(OC(O)C(O)=C(O)C(CCN)OC(O)=C(O)C(CCN)OC(O)=C(O)C(CCN)OC(O)C(O)=C(O)C(CCN)OC4OC(CN)C(OC(O)=C(O)C(CCN)OC1O)C(O)C4O)C(O)C23O. The Labute approximate surface area is 484 Å². The van der Waals surface area contributed by atoms with Crippen LogP contribution in [0.2, 0.25) is 0 Å². The predicted molar refractivity (Wildman–Crippen MR) is 284 cm³/mol. The summed E-state index contributed by atoms with van der Waals surface area (Å²) >= 11 is 0. The largest absolute Gasteiger partial charge is 0.506 e. The summed E-state index contributed by atoms with van der Waals surface area (Å²) in [6, 6.07) is 0. The Balaban J connectivity index is 1.86. The van der Waals surface area contributed by atoms with Gasteiger partial charge in [0.1, 0.15) is 67.1 Å². The van der Waals surface area contributed by atoms with Crippen LogP contribution < -0.4 is 45.9 Å². The summed E-state index contributed by atoms with van der Waals surface area (Å²) in [4.78, 5) is 0. The molecule has 34 N–H and O–H groups in total. The molecule has 4 bridgehead atoms. The Morgan fingerprint density at radius 1 is 0.459 bits per heavy atom. The molecule has 5 aliphatic rings. The summed E-state index contributed by atoms with van der Waals surface area (Å²) < 4.78 is 60.8. The Bertz CT molecular complexity index is 2370. The third-order valence-corrected chi connectivity index (χ3v) is 13.8. The number of fused-ring (bicyclic) bond motifs is 23. The van der Waals surface area contributed by atoms with Crippen LogP contribution in [-0.2, 0) is 52.1 Å². The standard InChI is InChI=1S/C48H84N8O29/c1-2-15-75-36-27(59)20(5-11-51)82-46-48(74)37(67)38(47(48,17-56)85-46)84-43(72)33(65)25(57)18(3-9-49)76-39(68)28(60)21(6-12-52)77-40(69)29(61)22(7-13-53)78-42(71)32(64)26(58)19(4-10-50)80-45-34(66)31(63)35(24(16-55)81-45)83-41(70)30(62)23(8-14-54)79-44(36)73/h2,18-24,31,34-35,37-38,42-46,57-74H,1,3-17,49-56H2. The lowest BCUT2D eigenvalue weighted by Gasteiger charge is -2.72. The number of hydrogen-bond acceptors (Lipinski definition) is 37. The first-order valence-electron chi connectivity index (χ1n) is 26.5. The molecule has 37 heteroatoms. The molecule has 0 aromatic heterocycles. The summed E-state index contributed by atoms with van der Waals surface area (Å²) in [5.41, 5.74) is 41.4. The number of aliphatic hydroxyl groups is 18. The molecule has 37 nitrogen and oxygen atoms in total. The lowest BCUT2D eigenvalue weighted by atomic mass is 9.55. The van der Waals surface area contributed by atoms with Gasteiger partial charge in [-0.3, -0.25) is 0 Å². The number of hydrogen-bond donors (Lipinski definition) is 26. The minimum atomic E-state index is -2.65. The highest BCUT2D eigenvalue weighted by molar-refractivity contribution is 5.32. The van der Waals surface area contributed by atoms with Gasteiger partial charge in [-0.25, -0.2) is 0 Å². The van der Waals surface area contributed by atoms with Crippen molar-refractivity contribution < 1.29 is 144 Å². The predicted octanol–water partition coefficient (Wildman–Crippen LogP) is -5.82. The molecule has 490 valence electrons. The van der Waals surface area contributed by atoms with Gasteiger partial charge in [0.25, 0.3) is 0 Å². The number of rotatable bonds is 17. The van der Waals surface area contributed by atoms with E-state index in [1.54, 1.807) is 0 Å². The Morgan fingerprint density at radius 3 is 1.34 bits per heavy atom. The monoisotopic (exact) mass is 1240 g/mol. The fourth-order valence-electron chi connectivity index (χ4n) is 9.18. The summed E-state index contributed by atoms with van der Waals surface area (Å²) in [6.45, 7) is -0.474. The highest BCUT2D eigenvalue weighted by atomic mass is 16.8. The van der Waals surface area contributed by atoms with Crippen molar-refractivity contribution >= 4 is 0 Å². The quantitative estimate of drug-likeness (QED) is 0.0603. The molecule has 1 aliphatic carbocycles. The van der Waals surface area contributed by atoms with E-state index in [0.29, 0.717) is 0 Å². The molecule has 3 fully saturated rings. The zero-order valence-corrected chi connectivity index (χ0v) is 45.9. The molecule has 2 saturated heterocycles. The van der Waals surface area contributed by atoms with E-state index < -0.39 is 250 Å². The van der Waals surface area contributed by atoms with Crippen LogP contribution >= 0.6 is 0 Å². The zero-order valence-electron chi connectivity index (χ0n) is 45.9. The second-order valence-electron chi connectivity index (χ2n) is 19.4. The van der Waals surface area contributed by atoms with Crippen LogP contribution in [0.5, 0.6) is 0 Å². The van der Waals surface area contributed by atoms with E-state index in [9.17, 15) is 91.9 Å². The van der Waals surface area contributed by atoms with Crippen LogP contribution in [0, 0.1) is 0 Å². The maximum atomic E-state index is 11.9. The number of nitrogens with two attached hydrogens (primary N) is 8. The van der Waals surface area contributed by atoms with Crippen molar-refractivity contribution in [2.24, 2.45) is 45.9 Å². The van der Waals surface area contributed by atoms with Crippen LogP contribution in [-0.4, -0.2) is 267 Å². The molecule has 19 atom stereocenters. The lowest BCUT2D eigenvalue weighted by molar-refractivity contribution is -0.526. The van der Waals surface area contributed by atoms with Crippen LogP contribution in [0.3, 0.4) is 0 Å². The number of aliphatic hydroxyl groups excluding tert-OH is 17. The summed E-state index contributed by atoms with van der Waals surface area (Å²) in [5.74, 6) is -15.7. The molecule has 19 unspecified atom stereocenters. The number of ether oxygens (including phenoxy) is 11. The Hall–Kier alpha value is -5.70. The molecule has 0 amide bonds. The Morgan fingerprint density at radius 2 is 0.871 bits per heavy atom. The fourth-order valence-corrected chi connectivity index (χ4v) is 9.18. The molecule has 5 rings (SSSR count). The van der Waals surface area contributed by atoms with Gasteiger partial charge in [0.2, 0.25) is 36.1 Å². The van der Waals surface area contributed by atoms with Gasteiger partial charge in [0.05, 0.1) is 0 Å². The topological polar surface area (TPSA) is 674 Å². The third-order valence-electron chi connectivity index (χ3n) is 13.8. The van der Waals surface area contributed by atoms with E-state index in [-0.39, 0.29) is 32.6 Å². The highest BCUT2D eigenvalue weighted by Crippen LogP contribution is 2.59. The van der Waals surface area contributed by atoms with Crippen LogP contribution in [0.15, 0.2) is 82.3 Å². The van der Waals surface area contributed by atoms with Gasteiger partial charge in [0, 0.05) is 25.9 Å². The van der Waals surface area contributed by atoms with E-state index >= 15 is 0 Å². The van der Waals surface area contributed by atoms with Gasteiger partial charge in [-0.1, -0.05) is 12.7 Å². The maximum absolute atomic E-state index is 11.9. The molecule has 0 aromatic rings. The molecule has 0 aromatic carbocycles. The van der Waals surface area contributed by atoms with Crippen LogP contribution in [0.4, 0.5) is 0 Å². The van der Waals surface area contributed by atoms with E-state index in [4.69, 9.17) is 98.0 Å². The minimum absolute atomic E-state index is 0.307. The summed E-state index contributed by atoms with van der Waals surface area (Å²) in [5, 5.41) is 202. The van der Waals surface area contributed by atoms with Gasteiger partial charge in [0.15, 0.2) is 71.0 Å². The van der Waals surface area contributed by atoms with E-state index in [1.165, 1.54) is 0 Å². The van der Waals surface area contributed by atoms with Crippen molar-refractivity contribution in [1.29, 1.82) is 0 Å². The highest BCUT2D eigenvalue weighted by Gasteiger charge is 2.85. The average molecular weight is 1240 g/mol. The maximum Gasteiger partial charge on any atom is 0.321 e. The van der Waals surface area contributed by atoms with Crippen LogP contribution in [0.25, 0.3) is 0 Å². The second kappa shape index (κ2) is 32.3. The van der Waals surface area contributed by atoms with Gasteiger partial charge in [-0.05, 0) is 65.0 Å². The van der Waals surface area contributed by atoms with E-state index in [2.05, 4.69) is 6.58 Å². The fraction of sp³-hybridized carbons (Fsp3) is 0.708. The molecule has 4 aliphatic heterocycles. The van der Waals surface area contributed by atoms with E-state index in [0.717, 1.165) is 6.08 Å². The molecular formula is C48H84N8O29. The summed E-state index contributed by atoms with van der Waals surface area (Å²) in [7, 11) is 0. The van der Waals surface area contributed by atoms with Crippen molar-refractivity contribution in [1.82, 2.24) is 0 Å². The smallest absolute Gasteiger partial charge is 0.321 e. The normalized spacial score (nSPS) is 36.9. The third kappa shape index (κ3) is 15.9. The van der Waals surface area contributed by atoms with Crippen molar-refractivity contribution in [3.8, 4) is 0 Å². The van der Waals surface area contributed by atoms with Crippen molar-refractivity contribution in [3.63, 3.8) is 0 Å². The van der Waals surface area contributed by atoms with E-state index in [1.807, 2.05) is 0 Å². The second-order valence-corrected chi connectivity index (χ2v) is 19.4. The molecular weight excluding hydrogens is 1150 g/mol. The Kier molecular flexibility index (Phi) is 27.3. The first-order chi connectivity index (χ1) is 40.2. The van der Waals surface area contributed by atoms with Crippen LogP contribution in [0.1, 0.15) is 38.5 Å². The zero-order chi connectivity index (χ0) is 63.8. The molecule has 1 saturated carbocycles. The minimum Gasteiger partial charge on any atom is -0.506 e. The van der Waals surface area contributed by atoms with Crippen molar-refractivity contribution in [3.05, 3.63) is 82.3 Å². The van der Waals surface area contributed by atoms with Gasteiger partial charge >= 0.3 is 17.8 Å². The molecule has 4 heterocycles. The van der Waals surface area contributed by atoms with Gasteiger partial charge < -0.3 is 190 Å². The molecule has 0 spiro atoms. The first-order valence-corrected chi connectivity index (χ1v) is 26.5. The first kappa shape index (κ1) is 71.8. The van der Waals surface area contributed by atoms with Crippen molar-refractivity contribution in [2.45, 2.75) is 154 Å². The van der Waals surface area contributed by atoms with Gasteiger partial charge in [-0.15, -0.1) is 0 Å².